The molecule has 4 aromatic carbocycles. The Morgan fingerprint density at radius 1 is 0.281 bits per heavy atom. The Morgan fingerprint density at radius 2 is 0.531 bits per heavy atom. The third-order valence-corrected chi connectivity index (χ3v) is 11.4. The summed E-state index contributed by atoms with van der Waals surface area (Å²) >= 11 is 0. The minimum atomic E-state index is 0.577. The van der Waals surface area contributed by atoms with Crippen LogP contribution in [-0.2, 0) is 0 Å². The van der Waals surface area contributed by atoms with E-state index in [-0.39, 0.29) is 0 Å². The van der Waals surface area contributed by atoms with E-state index in [4.69, 9.17) is 47.9 Å². The Morgan fingerprint density at radius 3 is 0.828 bits per heavy atom. The van der Waals surface area contributed by atoms with Gasteiger partial charge in [0.2, 0.25) is 0 Å². The molecule has 0 radical (unpaired) electrons. The van der Waals surface area contributed by atoms with Crippen molar-refractivity contribution in [2.24, 2.45) is 0 Å². The number of aromatic nitrogens is 4. The standard InChI is InChI=1S/C52H46N4O8/c1-57-41-21-9-29(25-45(41)61-5)49-33-13-15-35(53-33)50(30-10-22-42(58-2)46(26-30)62-6)37-17-19-39(55-37)52(32-12-24-44(60-4)48(28-32)64-8)40-20-18-38(56-40)51(36-16-14-34(49)54-36)31-11-23-43(59-3)47(27-31)63-7/h9-28,53-54H,1-8H3. The number of methoxy groups -OCH3 is 8. The molecule has 0 saturated carbocycles. The Kier molecular flexibility index (Phi) is 11.2. The normalized spacial score (nSPS) is 11.6. The van der Waals surface area contributed by atoms with Crippen molar-refractivity contribution in [3.8, 4) is 90.5 Å². The van der Waals surface area contributed by atoms with Gasteiger partial charge in [0.05, 0.1) is 79.7 Å². The average molecular weight is 855 g/mol. The van der Waals surface area contributed by atoms with Gasteiger partial charge in [-0.25, -0.2) is 9.97 Å². The zero-order chi connectivity index (χ0) is 44.5. The van der Waals surface area contributed by atoms with Crippen LogP contribution in [0.1, 0.15) is 22.8 Å². The number of hydrogen-bond donors (Lipinski definition) is 2. The first-order chi connectivity index (χ1) is 31.3. The highest BCUT2D eigenvalue weighted by Gasteiger charge is 2.22. The fraction of sp³-hybridized carbons (Fsp3) is 0.154. The van der Waals surface area contributed by atoms with Crippen LogP contribution in [0.15, 0.2) is 97.1 Å². The molecule has 0 atom stereocenters. The Labute approximate surface area is 370 Å². The lowest BCUT2D eigenvalue weighted by Gasteiger charge is -2.12. The van der Waals surface area contributed by atoms with Crippen LogP contribution in [0.5, 0.6) is 46.0 Å². The SMILES string of the molecule is COc1ccc(-c2c3nc(c(-c4ccc(OC)c(OC)c4)c4ccc([nH]4)c(-c4ccc(OC)c(OC)c4)c4ccc([nH]4)c(-c4ccc(OC)c(OC)c4)c4nc2C=C4)C=C3)cc1OC. The number of nitrogens with zero attached hydrogens (tertiary/aromatic N) is 2. The summed E-state index contributed by atoms with van der Waals surface area (Å²) in [5, 5.41) is 0. The smallest absolute Gasteiger partial charge is 0.161 e. The molecule has 3 aromatic heterocycles. The van der Waals surface area contributed by atoms with Crippen LogP contribution in [-0.4, -0.2) is 76.8 Å². The summed E-state index contributed by atoms with van der Waals surface area (Å²) in [7, 11) is 13.0. The molecule has 7 aromatic rings. The zero-order valence-electron chi connectivity index (χ0n) is 36.7. The second kappa shape index (κ2) is 17.3. The van der Waals surface area contributed by atoms with Crippen LogP contribution in [0.25, 0.3) is 90.9 Å². The second-order valence-electron chi connectivity index (χ2n) is 14.8. The monoisotopic (exact) mass is 854 g/mol. The van der Waals surface area contributed by atoms with E-state index in [1.165, 1.54) is 0 Å². The molecule has 0 saturated heterocycles. The number of hydrogen-bond acceptors (Lipinski definition) is 10. The number of aromatic amines is 2. The van der Waals surface area contributed by atoms with Crippen molar-refractivity contribution in [1.82, 2.24) is 19.9 Å². The van der Waals surface area contributed by atoms with Gasteiger partial charge in [-0.15, -0.1) is 0 Å². The van der Waals surface area contributed by atoms with Crippen molar-refractivity contribution in [2.75, 3.05) is 56.9 Å². The van der Waals surface area contributed by atoms with Crippen LogP contribution in [0.4, 0.5) is 0 Å². The van der Waals surface area contributed by atoms with Crippen LogP contribution >= 0.6 is 0 Å². The third-order valence-electron chi connectivity index (χ3n) is 11.4. The highest BCUT2D eigenvalue weighted by atomic mass is 16.5. The van der Waals surface area contributed by atoms with Gasteiger partial charge < -0.3 is 47.9 Å². The molecule has 0 spiro atoms. The van der Waals surface area contributed by atoms with E-state index in [0.717, 1.165) is 78.0 Å². The average Bonchev–Trinajstić information content (AvgIpc) is 4.19. The van der Waals surface area contributed by atoms with E-state index in [9.17, 15) is 0 Å². The summed E-state index contributed by atoms with van der Waals surface area (Å²) in [5.41, 5.74) is 13.0. The molecule has 2 N–H and O–H groups in total. The zero-order valence-corrected chi connectivity index (χ0v) is 36.7. The second-order valence-corrected chi connectivity index (χ2v) is 14.8. The molecular weight excluding hydrogens is 809 g/mol. The fourth-order valence-corrected chi connectivity index (χ4v) is 8.39. The molecule has 322 valence electrons. The van der Waals surface area contributed by atoms with Crippen molar-refractivity contribution in [2.45, 2.75) is 0 Å². The van der Waals surface area contributed by atoms with E-state index in [0.29, 0.717) is 57.4 Å². The number of benzene rings is 4. The quantitative estimate of drug-likeness (QED) is 0.122. The summed E-state index contributed by atoms with van der Waals surface area (Å²) in [6.07, 6.45) is 8.11. The molecule has 0 unspecified atom stereocenters. The molecule has 8 bridgehead atoms. The van der Waals surface area contributed by atoms with Crippen LogP contribution in [0.3, 0.4) is 0 Å². The summed E-state index contributed by atoms with van der Waals surface area (Å²) in [4.78, 5) is 18.4. The lowest BCUT2D eigenvalue weighted by Crippen LogP contribution is -1.94. The minimum absolute atomic E-state index is 0.577. The van der Waals surface area contributed by atoms with Gasteiger partial charge in [0, 0.05) is 44.3 Å². The molecule has 64 heavy (non-hydrogen) atoms. The van der Waals surface area contributed by atoms with Crippen molar-refractivity contribution < 1.29 is 37.9 Å². The summed E-state index contributed by atoms with van der Waals surface area (Å²) in [6, 6.07) is 31.8. The summed E-state index contributed by atoms with van der Waals surface area (Å²) in [6.45, 7) is 0. The molecule has 0 fully saturated rings. The molecular formula is C52H46N4O8. The first-order valence-electron chi connectivity index (χ1n) is 20.4. The number of ether oxygens (including phenoxy) is 8. The molecule has 2 aliphatic rings. The van der Waals surface area contributed by atoms with E-state index in [1.807, 2.05) is 97.1 Å². The molecule has 0 aliphatic carbocycles. The maximum Gasteiger partial charge on any atom is 0.161 e. The van der Waals surface area contributed by atoms with Crippen LogP contribution in [0, 0.1) is 0 Å². The van der Waals surface area contributed by atoms with E-state index >= 15 is 0 Å². The fourth-order valence-electron chi connectivity index (χ4n) is 8.39. The van der Waals surface area contributed by atoms with Gasteiger partial charge in [-0.1, -0.05) is 24.3 Å². The Bertz CT molecular complexity index is 3030. The van der Waals surface area contributed by atoms with Gasteiger partial charge in [-0.3, -0.25) is 0 Å². The summed E-state index contributed by atoms with van der Waals surface area (Å²) < 4.78 is 45.9. The first-order valence-corrected chi connectivity index (χ1v) is 20.4. The molecule has 0 amide bonds. The minimum Gasteiger partial charge on any atom is -0.493 e. The van der Waals surface area contributed by atoms with Gasteiger partial charge >= 0.3 is 0 Å². The van der Waals surface area contributed by atoms with Crippen molar-refractivity contribution >= 4 is 46.4 Å². The van der Waals surface area contributed by atoms with Gasteiger partial charge in [0.25, 0.3) is 0 Å². The van der Waals surface area contributed by atoms with E-state index in [2.05, 4.69) is 34.2 Å². The molecule has 12 heteroatoms. The van der Waals surface area contributed by atoms with Crippen molar-refractivity contribution in [3.05, 3.63) is 120 Å². The number of rotatable bonds is 12. The molecule has 2 aliphatic heterocycles. The van der Waals surface area contributed by atoms with Crippen molar-refractivity contribution in [1.29, 1.82) is 0 Å². The number of nitrogens with one attached hydrogen (secondary N) is 2. The predicted octanol–water partition coefficient (Wildman–Crippen LogP) is 11.4. The number of fused-ring (bicyclic) bond motifs is 8. The molecule has 9 rings (SSSR count). The Balaban J connectivity index is 1.47. The topological polar surface area (TPSA) is 131 Å². The number of H-pyrrole nitrogens is 2. The largest absolute Gasteiger partial charge is 0.493 e. The Hall–Kier alpha value is -8.12. The first kappa shape index (κ1) is 41.2. The van der Waals surface area contributed by atoms with E-state index in [1.54, 1.807) is 56.9 Å². The van der Waals surface area contributed by atoms with E-state index < -0.39 is 0 Å². The maximum atomic E-state index is 5.82. The summed E-state index contributed by atoms with van der Waals surface area (Å²) in [5.74, 6) is 4.79. The van der Waals surface area contributed by atoms with Crippen LogP contribution < -0.4 is 37.9 Å². The molecule has 12 nitrogen and oxygen atoms in total. The predicted molar refractivity (Wildman–Crippen MR) is 253 cm³/mol. The lowest BCUT2D eigenvalue weighted by molar-refractivity contribution is 0.355. The molecule has 5 heterocycles. The van der Waals surface area contributed by atoms with Crippen LogP contribution in [0.2, 0.25) is 0 Å². The highest BCUT2D eigenvalue weighted by Crippen LogP contribution is 2.43. The third kappa shape index (κ3) is 7.28. The maximum absolute atomic E-state index is 5.82. The van der Waals surface area contributed by atoms with Crippen molar-refractivity contribution in [3.63, 3.8) is 0 Å². The van der Waals surface area contributed by atoms with Gasteiger partial charge in [0.15, 0.2) is 46.0 Å². The lowest BCUT2D eigenvalue weighted by atomic mass is 10.0. The van der Waals surface area contributed by atoms with Gasteiger partial charge in [0.1, 0.15) is 0 Å². The van der Waals surface area contributed by atoms with Gasteiger partial charge in [-0.05, 0) is 119 Å². The highest BCUT2D eigenvalue weighted by molar-refractivity contribution is 6.00. The van der Waals surface area contributed by atoms with Gasteiger partial charge in [-0.2, -0.15) is 0 Å².